The molecule has 4 nitrogen and oxygen atoms in total. The molecule has 21 heavy (non-hydrogen) atoms. The number of carbonyl (C=O) groups is 1. The van der Waals surface area contributed by atoms with Crippen LogP contribution in [-0.2, 0) is 11.3 Å². The second-order valence-electron chi connectivity index (χ2n) is 6.39. The number of nitrogens with one attached hydrogen (secondary N) is 1. The van der Waals surface area contributed by atoms with Crippen LogP contribution in [0.1, 0.15) is 37.3 Å². The summed E-state index contributed by atoms with van der Waals surface area (Å²) in [5.74, 6) is 0.0529. The number of aryl methyl sites for hydroxylation is 1. The van der Waals surface area contributed by atoms with Crippen molar-refractivity contribution in [2.24, 2.45) is 0 Å². The topological polar surface area (TPSA) is 52.6 Å². The number of aliphatic hydroxyl groups is 1. The lowest BCUT2D eigenvalue weighted by molar-refractivity contribution is -0.122. The number of likely N-dealkylation sites (tertiary alicyclic amines) is 1. The Kier molecular flexibility index (Phi) is 5.37. The molecule has 116 valence electrons. The summed E-state index contributed by atoms with van der Waals surface area (Å²) in [6.07, 6.45) is 2.49. The molecule has 1 saturated heterocycles. The quantitative estimate of drug-likeness (QED) is 0.890. The summed E-state index contributed by atoms with van der Waals surface area (Å²) in [6, 6.07) is 8.19. The summed E-state index contributed by atoms with van der Waals surface area (Å²) >= 11 is 0. The highest BCUT2D eigenvalue weighted by molar-refractivity contribution is 5.78. The minimum atomic E-state index is -0.576. The van der Waals surface area contributed by atoms with Crippen LogP contribution in [0.4, 0.5) is 0 Å². The third kappa shape index (κ3) is 5.48. The van der Waals surface area contributed by atoms with Crippen molar-refractivity contribution >= 4 is 5.91 Å². The Hall–Kier alpha value is -1.39. The molecule has 1 aliphatic heterocycles. The maximum absolute atomic E-state index is 12.0. The zero-order valence-electron chi connectivity index (χ0n) is 13.1. The molecule has 1 aliphatic rings. The molecular formula is C17H26N2O2. The summed E-state index contributed by atoms with van der Waals surface area (Å²) in [7, 11) is 0. The highest BCUT2D eigenvalue weighted by Crippen LogP contribution is 2.21. The number of hydrogen-bond acceptors (Lipinski definition) is 3. The third-order valence-corrected chi connectivity index (χ3v) is 4.13. The first-order valence-corrected chi connectivity index (χ1v) is 7.72. The molecule has 0 saturated carbocycles. The first kappa shape index (κ1) is 16.0. The largest absolute Gasteiger partial charge is 0.390 e. The van der Waals surface area contributed by atoms with Gasteiger partial charge in [-0.15, -0.1) is 0 Å². The highest BCUT2D eigenvalue weighted by Gasteiger charge is 2.25. The Morgan fingerprint density at radius 2 is 2.00 bits per heavy atom. The maximum Gasteiger partial charge on any atom is 0.234 e. The van der Waals surface area contributed by atoms with Gasteiger partial charge in [0.25, 0.3) is 0 Å². The van der Waals surface area contributed by atoms with Gasteiger partial charge in [0.05, 0.1) is 12.1 Å². The molecule has 0 spiro atoms. The van der Waals surface area contributed by atoms with Gasteiger partial charge >= 0.3 is 0 Å². The zero-order chi connectivity index (χ0) is 15.3. The molecule has 1 amide bonds. The Morgan fingerprint density at radius 1 is 1.29 bits per heavy atom. The summed E-state index contributed by atoms with van der Waals surface area (Å²) in [5.41, 5.74) is 1.77. The SMILES string of the molecule is Cc1ccc(CNC(=O)CN2CCCC(C)(O)CC2)cc1. The van der Waals surface area contributed by atoms with Gasteiger partial charge in [-0.05, 0) is 45.2 Å². The fourth-order valence-corrected chi connectivity index (χ4v) is 2.64. The molecule has 1 unspecified atom stereocenters. The summed E-state index contributed by atoms with van der Waals surface area (Å²) in [6.45, 7) is 6.59. The average Bonchev–Trinajstić information content (AvgIpc) is 2.60. The summed E-state index contributed by atoms with van der Waals surface area (Å²) in [5, 5.41) is 13.0. The van der Waals surface area contributed by atoms with Crippen molar-refractivity contribution in [2.45, 2.75) is 45.3 Å². The second-order valence-corrected chi connectivity index (χ2v) is 6.39. The molecule has 1 heterocycles. The van der Waals surface area contributed by atoms with Crippen molar-refractivity contribution in [2.75, 3.05) is 19.6 Å². The molecule has 0 bridgehead atoms. The van der Waals surface area contributed by atoms with E-state index >= 15 is 0 Å². The summed E-state index contributed by atoms with van der Waals surface area (Å²) < 4.78 is 0. The van der Waals surface area contributed by atoms with E-state index in [1.165, 1.54) is 5.56 Å². The Morgan fingerprint density at radius 3 is 2.71 bits per heavy atom. The monoisotopic (exact) mass is 290 g/mol. The van der Waals surface area contributed by atoms with E-state index in [4.69, 9.17) is 0 Å². The van der Waals surface area contributed by atoms with Gasteiger partial charge in [-0.1, -0.05) is 29.8 Å². The lowest BCUT2D eigenvalue weighted by Gasteiger charge is -2.22. The number of amides is 1. The van der Waals surface area contributed by atoms with Crippen LogP contribution in [0.3, 0.4) is 0 Å². The first-order chi connectivity index (χ1) is 9.94. The molecular weight excluding hydrogens is 264 g/mol. The average molecular weight is 290 g/mol. The maximum atomic E-state index is 12.0. The van der Waals surface area contributed by atoms with E-state index in [1.54, 1.807) is 0 Å². The van der Waals surface area contributed by atoms with Gasteiger partial charge in [-0.25, -0.2) is 0 Å². The molecule has 1 atom stereocenters. The lowest BCUT2D eigenvalue weighted by Crippen LogP contribution is -2.38. The van der Waals surface area contributed by atoms with Gasteiger partial charge in [0.15, 0.2) is 0 Å². The van der Waals surface area contributed by atoms with Crippen LogP contribution in [0.15, 0.2) is 24.3 Å². The van der Waals surface area contributed by atoms with Gasteiger partial charge in [0.1, 0.15) is 0 Å². The lowest BCUT2D eigenvalue weighted by atomic mass is 9.98. The zero-order valence-corrected chi connectivity index (χ0v) is 13.1. The number of hydrogen-bond donors (Lipinski definition) is 2. The number of nitrogens with zero attached hydrogens (tertiary/aromatic N) is 1. The molecule has 2 N–H and O–H groups in total. The minimum Gasteiger partial charge on any atom is -0.390 e. The number of rotatable bonds is 4. The summed E-state index contributed by atoms with van der Waals surface area (Å²) in [4.78, 5) is 14.1. The third-order valence-electron chi connectivity index (χ3n) is 4.13. The van der Waals surface area contributed by atoms with Crippen LogP contribution in [-0.4, -0.2) is 41.1 Å². The van der Waals surface area contributed by atoms with Crippen LogP contribution in [0, 0.1) is 6.92 Å². The van der Waals surface area contributed by atoms with Crippen molar-refractivity contribution in [3.63, 3.8) is 0 Å². The predicted octanol–water partition coefficient (Wildman–Crippen LogP) is 1.85. The first-order valence-electron chi connectivity index (χ1n) is 7.72. The van der Waals surface area contributed by atoms with E-state index in [0.717, 1.165) is 37.9 Å². The van der Waals surface area contributed by atoms with Gasteiger partial charge in [0, 0.05) is 13.1 Å². The van der Waals surface area contributed by atoms with Crippen molar-refractivity contribution in [1.82, 2.24) is 10.2 Å². The molecule has 2 rings (SSSR count). The van der Waals surface area contributed by atoms with Crippen molar-refractivity contribution in [1.29, 1.82) is 0 Å². The molecule has 0 aliphatic carbocycles. The molecule has 1 fully saturated rings. The van der Waals surface area contributed by atoms with Crippen LogP contribution < -0.4 is 5.32 Å². The predicted molar refractivity (Wildman–Crippen MR) is 83.9 cm³/mol. The van der Waals surface area contributed by atoms with E-state index in [9.17, 15) is 9.90 Å². The Balaban J connectivity index is 1.75. The van der Waals surface area contributed by atoms with Crippen LogP contribution in [0.25, 0.3) is 0 Å². The van der Waals surface area contributed by atoms with Gasteiger partial charge in [-0.3, -0.25) is 9.69 Å². The second kappa shape index (κ2) is 7.05. The fraction of sp³-hybridized carbons (Fsp3) is 0.588. The normalized spacial score (nSPS) is 23.6. The van der Waals surface area contributed by atoms with Crippen molar-refractivity contribution in [3.05, 3.63) is 35.4 Å². The van der Waals surface area contributed by atoms with E-state index in [1.807, 2.05) is 19.1 Å². The Labute approximate surface area is 127 Å². The van der Waals surface area contributed by atoms with Gasteiger partial charge in [-0.2, -0.15) is 0 Å². The van der Waals surface area contributed by atoms with Crippen LogP contribution >= 0.6 is 0 Å². The van der Waals surface area contributed by atoms with Crippen LogP contribution in [0.5, 0.6) is 0 Å². The van der Waals surface area contributed by atoms with Crippen molar-refractivity contribution < 1.29 is 9.90 Å². The number of carbonyl (C=O) groups excluding carboxylic acids is 1. The van der Waals surface area contributed by atoms with Crippen molar-refractivity contribution in [3.8, 4) is 0 Å². The smallest absolute Gasteiger partial charge is 0.234 e. The molecule has 0 radical (unpaired) electrons. The highest BCUT2D eigenvalue weighted by atomic mass is 16.3. The molecule has 1 aromatic carbocycles. The van der Waals surface area contributed by atoms with Crippen LogP contribution in [0.2, 0.25) is 0 Å². The fourth-order valence-electron chi connectivity index (χ4n) is 2.64. The van der Waals surface area contributed by atoms with E-state index < -0.39 is 5.60 Å². The minimum absolute atomic E-state index is 0.0529. The van der Waals surface area contributed by atoms with Gasteiger partial charge in [0.2, 0.25) is 5.91 Å². The molecule has 4 heteroatoms. The molecule has 0 aromatic heterocycles. The van der Waals surface area contributed by atoms with Gasteiger partial charge < -0.3 is 10.4 Å². The van der Waals surface area contributed by atoms with E-state index in [-0.39, 0.29) is 5.91 Å². The van der Waals surface area contributed by atoms with E-state index in [2.05, 4.69) is 29.3 Å². The number of benzene rings is 1. The Bertz CT molecular complexity index is 468. The molecule has 1 aromatic rings. The van der Waals surface area contributed by atoms with E-state index in [0.29, 0.717) is 13.1 Å². The standard InChI is InChI=1S/C17H26N2O2/c1-14-4-6-15(7-5-14)12-18-16(20)13-19-10-3-8-17(2,21)9-11-19/h4-7,21H,3,8-13H2,1-2H3,(H,18,20).